The summed E-state index contributed by atoms with van der Waals surface area (Å²) >= 11 is 16.7. The lowest BCUT2D eigenvalue weighted by molar-refractivity contribution is -0.255. The third-order valence-corrected chi connectivity index (χ3v) is 19.5. The first kappa shape index (κ1) is 62.3. The quantitative estimate of drug-likeness (QED) is 0.0689. The molecule has 6 aromatic carbocycles. The predicted octanol–water partition coefficient (Wildman–Crippen LogP) is 16.9. The van der Waals surface area contributed by atoms with E-state index in [-0.39, 0.29) is 23.7 Å². The van der Waals surface area contributed by atoms with Gasteiger partial charge < -0.3 is 42.4 Å². The molecular weight excluding hydrogens is 1200 g/mol. The number of aromatic nitrogens is 2. The molecule has 10 atom stereocenters. The summed E-state index contributed by atoms with van der Waals surface area (Å²) in [6.07, 6.45) is 5.80. The lowest BCUT2D eigenvalue weighted by Crippen LogP contribution is -2.56. The van der Waals surface area contributed by atoms with Crippen molar-refractivity contribution >= 4 is 51.7 Å². The number of halogens is 2. The van der Waals surface area contributed by atoms with Crippen molar-refractivity contribution in [3.63, 3.8) is 0 Å². The zero-order chi connectivity index (χ0) is 61.3. The van der Waals surface area contributed by atoms with E-state index in [1.165, 1.54) is 0 Å². The lowest BCUT2D eigenvalue weighted by atomic mass is 9.82. The summed E-state index contributed by atoms with van der Waals surface area (Å²) in [4.78, 5) is 24.1. The normalized spacial score (nSPS) is 22.9. The Morgan fingerprint density at radius 2 is 0.921 bits per heavy atom. The molecule has 89 heavy (non-hydrogen) atoms. The van der Waals surface area contributed by atoms with Gasteiger partial charge in [-0.3, -0.25) is 4.79 Å². The fourth-order valence-electron chi connectivity index (χ4n) is 12.0. The van der Waals surface area contributed by atoms with Crippen LogP contribution in [0.3, 0.4) is 0 Å². The van der Waals surface area contributed by atoms with Crippen molar-refractivity contribution in [1.29, 1.82) is 0 Å². The van der Waals surface area contributed by atoms with Gasteiger partial charge >= 0.3 is 0 Å². The van der Waals surface area contributed by atoms with Crippen molar-refractivity contribution in [3.05, 3.63) is 271 Å². The summed E-state index contributed by atoms with van der Waals surface area (Å²) < 4.78 is 51.3. The number of ether oxygens (including phenoxy) is 6. The van der Waals surface area contributed by atoms with Crippen molar-refractivity contribution in [2.45, 2.75) is 127 Å². The molecule has 458 valence electrons. The molecule has 0 amide bonds. The van der Waals surface area contributed by atoms with Gasteiger partial charge in [-0.1, -0.05) is 183 Å². The standard InChI is InChI=1S/C37H36ClNO5S.C36H34ClNO5S/c1-24-33(42-22-25-9-4-2-5-10-25)35(43-23-26-11-6-3-7-12-26)34(44-36(24)37(40)16-17-37)27-14-15-29(38)28(19-27)20-32-39-21-31(45-32)30-13-8-18-41-30;1-23-33(24(2)39)43-35(27-15-16-29(37)28(18-27)19-32-38-20-31(44-32)30-14-9-17-40-30)36(42-22-26-12-7-4-8-13-26)34(23)41-21-25-10-5-3-6-11-25/h2-15,18-19,21,24,33-36,40H,16-17,20,22-23H2,1H3;3-18,20,23,33-36H,19,21-22H2,1-2H3/t24-,33-,34-,35+,36-;23-,33+,34+,35+,36-/m01/s1. The van der Waals surface area contributed by atoms with Gasteiger partial charge in [0.25, 0.3) is 0 Å². The second-order valence-corrected chi connectivity index (χ2v) is 26.2. The van der Waals surface area contributed by atoms with Crippen molar-refractivity contribution < 1.29 is 47.2 Å². The van der Waals surface area contributed by atoms with Gasteiger partial charge in [-0.2, -0.15) is 0 Å². The molecule has 1 aliphatic carbocycles. The Morgan fingerprint density at radius 1 is 0.528 bits per heavy atom. The van der Waals surface area contributed by atoms with Gasteiger partial charge in [0.05, 0.1) is 82.6 Å². The van der Waals surface area contributed by atoms with Gasteiger partial charge in [0.2, 0.25) is 0 Å². The number of hydrogen-bond donors (Lipinski definition) is 1. The number of benzene rings is 6. The van der Waals surface area contributed by atoms with Crippen LogP contribution >= 0.6 is 45.9 Å². The van der Waals surface area contributed by atoms with E-state index in [1.54, 1.807) is 42.1 Å². The molecule has 13 rings (SSSR count). The zero-order valence-electron chi connectivity index (χ0n) is 49.6. The number of aliphatic hydroxyl groups is 1. The van der Waals surface area contributed by atoms with Crippen LogP contribution in [0.25, 0.3) is 21.3 Å². The number of carbonyl (C=O) groups excluding carboxylic acids is 1. The van der Waals surface area contributed by atoms with Crippen LogP contribution in [0.1, 0.15) is 100 Å². The lowest BCUT2D eigenvalue weighted by Gasteiger charge is -2.47. The fourth-order valence-corrected chi connectivity index (χ4v) is 14.1. The second kappa shape index (κ2) is 28.9. The Bertz CT molecular complexity index is 3850. The minimum atomic E-state index is -0.866. The molecule has 12 nitrogen and oxygen atoms in total. The molecule has 0 bridgehead atoms. The fraction of sp³-hybridized carbons (Fsp3) is 0.301. The van der Waals surface area contributed by atoms with E-state index in [0.717, 1.165) is 75.8 Å². The summed E-state index contributed by atoms with van der Waals surface area (Å²) in [6.45, 7) is 7.31. The number of ketones is 1. The largest absolute Gasteiger partial charge is 0.463 e. The number of rotatable bonds is 22. The third-order valence-electron chi connectivity index (χ3n) is 16.8. The summed E-state index contributed by atoms with van der Waals surface area (Å²) in [7, 11) is 0. The predicted molar refractivity (Wildman–Crippen MR) is 347 cm³/mol. The Balaban J connectivity index is 0.000000173. The molecule has 0 spiro atoms. The molecule has 4 aromatic heterocycles. The van der Waals surface area contributed by atoms with Crippen LogP contribution < -0.4 is 0 Å². The summed E-state index contributed by atoms with van der Waals surface area (Å²) in [5.41, 5.74) is 7.05. The topological polar surface area (TPSA) is 145 Å². The maximum atomic E-state index is 12.9. The van der Waals surface area contributed by atoms with Gasteiger partial charge in [-0.05, 0) is 101 Å². The van der Waals surface area contributed by atoms with E-state index in [9.17, 15) is 9.90 Å². The molecule has 3 fully saturated rings. The highest BCUT2D eigenvalue weighted by Crippen LogP contribution is 2.51. The van der Waals surface area contributed by atoms with Crippen molar-refractivity contribution in [2.75, 3.05) is 0 Å². The Kier molecular flexibility index (Phi) is 20.3. The molecule has 10 aromatic rings. The molecule has 3 aliphatic rings. The number of nitrogens with zero attached hydrogens (tertiary/aromatic N) is 2. The molecule has 2 aliphatic heterocycles. The first-order valence-corrected chi connectivity index (χ1v) is 32.5. The highest BCUT2D eigenvalue weighted by atomic mass is 35.5. The maximum Gasteiger partial charge on any atom is 0.158 e. The van der Waals surface area contributed by atoms with Crippen LogP contribution in [0.2, 0.25) is 10.0 Å². The van der Waals surface area contributed by atoms with Crippen LogP contribution in [0.15, 0.2) is 216 Å². The number of thiazole rings is 2. The van der Waals surface area contributed by atoms with Crippen LogP contribution in [0, 0.1) is 11.8 Å². The average Bonchev–Trinajstić information content (AvgIpc) is 1.87. The van der Waals surface area contributed by atoms with Crippen molar-refractivity contribution in [1.82, 2.24) is 9.97 Å². The summed E-state index contributed by atoms with van der Waals surface area (Å²) in [5.74, 6) is 1.22. The average molecular weight is 1270 g/mol. The van der Waals surface area contributed by atoms with E-state index in [0.29, 0.717) is 62.2 Å². The zero-order valence-corrected chi connectivity index (χ0v) is 52.8. The van der Waals surface area contributed by atoms with E-state index in [4.69, 9.17) is 60.5 Å². The third kappa shape index (κ3) is 15.3. The molecule has 0 radical (unpaired) electrons. The van der Waals surface area contributed by atoms with Crippen molar-refractivity contribution in [3.8, 4) is 21.3 Å². The maximum absolute atomic E-state index is 12.9. The molecule has 0 unspecified atom stereocenters. The monoisotopic (exact) mass is 1270 g/mol. The van der Waals surface area contributed by atoms with E-state index in [1.807, 2.05) is 171 Å². The minimum absolute atomic E-state index is 0.0419. The van der Waals surface area contributed by atoms with E-state index < -0.39 is 48.3 Å². The Hall–Kier alpha value is -6.89. The van der Waals surface area contributed by atoms with Crippen LogP contribution in [0.5, 0.6) is 0 Å². The first-order valence-electron chi connectivity index (χ1n) is 30.1. The number of furan rings is 2. The summed E-state index contributed by atoms with van der Waals surface area (Å²) in [6, 6.07) is 59.9. The Morgan fingerprint density at radius 3 is 1.30 bits per heavy atom. The van der Waals surface area contributed by atoms with Gasteiger partial charge in [0, 0.05) is 47.1 Å². The van der Waals surface area contributed by atoms with Gasteiger partial charge in [0.15, 0.2) is 5.78 Å². The first-order chi connectivity index (χ1) is 43.4. The molecule has 16 heteroatoms. The smallest absolute Gasteiger partial charge is 0.158 e. The van der Waals surface area contributed by atoms with Gasteiger partial charge in [0.1, 0.15) is 42.0 Å². The van der Waals surface area contributed by atoms with E-state index in [2.05, 4.69) is 47.2 Å². The highest BCUT2D eigenvalue weighted by molar-refractivity contribution is 7.15. The van der Waals surface area contributed by atoms with E-state index >= 15 is 0 Å². The van der Waals surface area contributed by atoms with Crippen LogP contribution in [-0.4, -0.2) is 63.1 Å². The Labute approximate surface area is 537 Å². The molecular formula is C73H70Cl2N2O10S2. The van der Waals surface area contributed by atoms with Crippen LogP contribution in [0.4, 0.5) is 0 Å². The molecule has 2 saturated heterocycles. The number of hydrogen-bond acceptors (Lipinski definition) is 14. The molecule has 1 N–H and O–H groups in total. The van der Waals surface area contributed by atoms with Crippen molar-refractivity contribution in [2.24, 2.45) is 11.8 Å². The van der Waals surface area contributed by atoms with Gasteiger partial charge in [-0.15, -0.1) is 22.7 Å². The minimum Gasteiger partial charge on any atom is -0.463 e. The summed E-state index contributed by atoms with van der Waals surface area (Å²) in [5, 5.41) is 14.5. The van der Waals surface area contributed by atoms with Crippen LogP contribution in [-0.2, 0) is 72.5 Å². The van der Waals surface area contributed by atoms with Gasteiger partial charge in [-0.25, -0.2) is 9.97 Å². The molecule has 6 heterocycles. The number of carbonyl (C=O) groups is 1. The second-order valence-electron chi connectivity index (χ2n) is 23.2. The SMILES string of the molecule is CC(=O)[C@H]1O[C@@H](c2ccc(Cl)c(Cc3ncc(-c4ccco4)s3)c2)[C@H](OCc2ccccc2)[C@@H](OCc2ccccc2)[C@@H]1C.C[C@H]1[C@H](OCc2ccccc2)[C@@H](OCc2ccccc2)[C@H](c2ccc(Cl)c(Cc3ncc(-c4ccco4)s3)c2)O[C@@H]1C1(O)CC1. The molecule has 1 saturated carbocycles. The number of Topliss-reactive ketones (excluding diaryl/α,β-unsaturated/α-hetero) is 1. The highest BCUT2D eigenvalue weighted by Gasteiger charge is 2.58.